The SMILES string of the molecule is CC(=O)CN(C)c1ncc(-c2ccc(F)cc2)cn1. The number of aromatic nitrogens is 2. The Morgan fingerprint density at radius 1 is 1.16 bits per heavy atom. The minimum atomic E-state index is -0.275. The number of carbonyl (C=O) groups excluding carboxylic acids is 1. The van der Waals surface area contributed by atoms with E-state index >= 15 is 0 Å². The van der Waals surface area contributed by atoms with Crippen LogP contribution in [0.2, 0.25) is 0 Å². The molecule has 0 amide bonds. The van der Waals surface area contributed by atoms with Gasteiger partial charge in [-0.05, 0) is 24.6 Å². The summed E-state index contributed by atoms with van der Waals surface area (Å²) in [5, 5.41) is 0. The predicted octanol–water partition coefficient (Wildman–Crippen LogP) is 2.31. The smallest absolute Gasteiger partial charge is 0.225 e. The summed E-state index contributed by atoms with van der Waals surface area (Å²) in [6.07, 6.45) is 3.32. The van der Waals surface area contributed by atoms with Gasteiger partial charge in [0.15, 0.2) is 0 Å². The highest BCUT2D eigenvalue weighted by atomic mass is 19.1. The van der Waals surface area contributed by atoms with Gasteiger partial charge in [0, 0.05) is 25.0 Å². The maximum Gasteiger partial charge on any atom is 0.225 e. The Labute approximate surface area is 110 Å². The molecule has 0 radical (unpaired) electrons. The summed E-state index contributed by atoms with van der Waals surface area (Å²) in [5.74, 6) is 0.261. The fourth-order valence-corrected chi connectivity index (χ4v) is 1.71. The molecular weight excluding hydrogens is 245 g/mol. The Hall–Kier alpha value is -2.30. The molecule has 19 heavy (non-hydrogen) atoms. The van der Waals surface area contributed by atoms with Crippen LogP contribution in [-0.4, -0.2) is 29.3 Å². The van der Waals surface area contributed by atoms with Crippen molar-refractivity contribution in [1.82, 2.24) is 9.97 Å². The standard InChI is InChI=1S/C14H14FN3O/c1-10(19)9-18(2)14-16-7-12(8-17-14)11-3-5-13(15)6-4-11/h3-8H,9H2,1-2H3. The van der Waals surface area contributed by atoms with Crippen LogP contribution in [-0.2, 0) is 4.79 Å². The van der Waals surface area contributed by atoms with Crippen LogP contribution in [0.1, 0.15) is 6.92 Å². The Morgan fingerprint density at radius 3 is 2.26 bits per heavy atom. The molecule has 0 aliphatic carbocycles. The zero-order valence-electron chi connectivity index (χ0n) is 10.8. The molecule has 0 atom stereocenters. The fourth-order valence-electron chi connectivity index (χ4n) is 1.71. The van der Waals surface area contributed by atoms with E-state index in [2.05, 4.69) is 9.97 Å². The number of benzene rings is 1. The van der Waals surface area contributed by atoms with Crippen molar-refractivity contribution in [2.45, 2.75) is 6.92 Å². The lowest BCUT2D eigenvalue weighted by molar-refractivity contribution is -0.115. The molecule has 98 valence electrons. The number of likely N-dealkylation sites (N-methyl/N-ethyl adjacent to an activating group) is 1. The van der Waals surface area contributed by atoms with Gasteiger partial charge in [0.1, 0.15) is 11.6 Å². The number of rotatable bonds is 4. The van der Waals surface area contributed by atoms with Crippen molar-refractivity contribution in [3.05, 3.63) is 42.5 Å². The number of hydrogen-bond donors (Lipinski definition) is 0. The van der Waals surface area contributed by atoms with Gasteiger partial charge in [0.2, 0.25) is 5.95 Å². The highest BCUT2D eigenvalue weighted by molar-refractivity contribution is 5.80. The number of hydrogen-bond acceptors (Lipinski definition) is 4. The number of nitrogens with zero attached hydrogens (tertiary/aromatic N) is 3. The molecule has 0 bridgehead atoms. The summed E-state index contributed by atoms with van der Waals surface area (Å²) in [5.41, 5.74) is 1.65. The van der Waals surface area contributed by atoms with Crippen molar-refractivity contribution in [2.24, 2.45) is 0 Å². The molecule has 1 heterocycles. The summed E-state index contributed by atoms with van der Waals surface area (Å²) >= 11 is 0. The molecule has 2 rings (SSSR count). The highest BCUT2D eigenvalue weighted by Crippen LogP contribution is 2.18. The lowest BCUT2D eigenvalue weighted by Crippen LogP contribution is -2.25. The first kappa shape index (κ1) is 13.1. The van der Waals surface area contributed by atoms with Gasteiger partial charge in [-0.2, -0.15) is 0 Å². The summed E-state index contributed by atoms with van der Waals surface area (Å²) in [6.45, 7) is 1.79. The van der Waals surface area contributed by atoms with Gasteiger partial charge < -0.3 is 4.90 Å². The molecule has 5 heteroatoms. The van der Waals surface area contributed by atoms with E-state index in [1.54, 1.807) is 36.5 Å². The van der Waals surface area contributed by atoms with Crippen molar-refractivity contribution in [1.29, 1.82) is 0 Å². The number of carbonyl (C=O) groups is 1. The zero-order chi connectivity index (χ0) is 13.8. The molecule has 0 N–H and O–H groups in total. The topological polar surface area (TPSA) is 46.1 Å². The molecule has 0 saturated carbocycles. The molecule has 4 nitrogen and oxygen atoms in total. The number of halogens is 1. The van der Waals surface area contributed by atoms with Gasteiger partial charge in [-0.3, -0.25) is 4.79 Å². The highest BCUT2D eigenvalue weighted by Gasteiger charge is 2.07. The monoisotopic (exact) mass is 259 g/mol. The molecule has 1 aromatic heterocycles. The van der Waals surface area contributed by atoms with Crippen molar-refractivity contribution >= 4 is 11.7 Å². The Bertz CT molecular complexity index is 566. The minimum Gasteiger partial charge on any atom is -0.337 e. The van der Waals surface area contributed by atoms with Gasteiger partial charge in [-0.15, -0.1) is 0 Å². The van der Waals surface area contributed by atoms with Gasteiger partial charge in [0.25, 0.3) is 0 Å². The van der Waals surface area contributed by atoms with Gasteiger partial charge in [0.05, 0.1) is 6.54 Å². The van der Waals surface area contributed by atoms with Crippen LogP contribution in [0.15, 0.2) is 36.7 Å². The summed E-state index contributed by atoms with van der Waals surface area (Å²) in [4.78, 5) is 21.1. The Morgan fingerprint density at radius 2 is 1.74 bits per heavy atom. The average molecular weight is 259 g/mol. The molecule has 0 aliphatic rings. The first-order chi connectivity index (χ1) is 9.06. The molecule has 0 aliphatic heterocycles. The van der Waals surface area contributed by atoms with E-state index in [9.17, 15) is 9.18 Å². The largest absolute Gasteiger partial charge is 0.337 e. The number of Topliss-reactive ketones (excluding diaryl/α,β-unsaturated/α-hetero) is 1. The summed E-state index contributed by atoms with van der Waals surface area (Å²) in [6, 6.07) is 6.14. The lowest BCUT2D eigenvalue weighted by atomic mass is 10.1. The Balaban J connectivity index is 2.18. The van der Waals surface area contributed by atoms with E-state index in [1.807, 2.05) is 0 Å². The van der Waals surface area contributed by atoms with Gasteiger partial charge in [-0.1, -0.05) is 12.1 Å². The van der Waals surface area contributed by atoms with Crippen molar-refractivity contribution in [3.63, 3.8) is 0 Å². The average Bonchev–Trinajstić information content (AvgIpc) is 2.39. The molecule has 2 aromatic rings. The second-order valence-corrected chi connectivity index (χ2v) is 4.34. The first-order valence-corrected chi connectivity index (χ1v) is 5.85. The third-order valence-electron chi connectivity index (χ3n) is 2.62. The Kier molecular flexibility index (Phi) is 3.85. The quantitative estimate of drug-likeness (QED) is 0.845. The molecule has 0 spiro atoms. The van der Waals surface area contributed by atoms with Gasteiger partial charge >= 0.3 is 0 Å². The van der Waals surface area contributed by atoms with Crippen LogP contribution >= 0.6 is 0 Å². The predicted molar refractivity (Wildman–Crippen MR) is 71.4 cm³/mol. The number of ketones is 1. The fraction of sp³-hybridized carbons (Fsp3) is 0.214. The van der Waals surface area contributed by atoms with E-state index in [-0.39, 0.29) is 18.1 Å². The normalized spacial score (nSPS) is 10.3. The van der Waals surface area contributed by atoms with Crippen LogP contribution in [0, 0.1) is 5.82 Å². The van der Waals surface area contributed by atoms with Crippen molar-refractivity contribution in [3.8, 4) is 11.1 Å². The van der Waals surface area contributed by atoms with E-state index in [1.165, 1.54) is 19.1 Å². The van der Waals surface area contributed by atoms with E-state index in [0.29, 0.717) is 5.95 Å². The van der Waals surface area contributed by atoms with E-state index < -0.39 is 0 Å². The summed E-state index contributed by atoms with van der Waals surface area (Å²) in [7, 11) is 1.76. The molecular formula is C14H14FN3O. The minimum absolute atomic E-state index is 0.0497. The maximum atomic E-state index is 12.8. The van der Waals surface area contributed by atoms with Crippen molar-refractivity contribution < 1.29 is 9.18 Å². The van der Waals surface area contributed by atoms with E-state index in [4.69, 9.17) is 0 Å². The molecule has 0 fully saturated rings. The van der Waals surface area contributed by atoms with Crippen LogP contribution in [0.3, 0.4) is 0 Å². The lowest BCUT2D eigenvalue weighted by Gasteiger charge is -2.14. The zero-order valence-corrected chi connectivity index (χ0v) is 10.8. The van der Waals surface area contributed by atoms with Crippen LogP contribution in [0.5, 0.6) is 0 Å². The maximum absolute atomic E-state index is 12.8. The third-order valence-corrected chi connectivity index (χ3v) is 2.62. The van der Waals surface area contributed by atoms with Gasteiger partial charge in [-0.25, -0.2) is 14.4 Å². The summed E-state index contributed by atoms with van der Waals surface area (Å²) < 4.78 is 12.8. The molecule has 0 saturated heterocycles. The van der Waals surface area contributed by atoms with Crippen molar-refractivity contribution in [2.75, 3.05) is 18.5 Å². The second kappa shape index (κ2) is 5.56. The second-order valence-electron chi connectivity index (χ2n) is 4.34. The van der Waals surface area contributed by atoms with E-state index in [0.717, 1.165) is 11.1 Å². The first-order valence-electron chi connectivity index (χ1n) is 5.85. The van der Waals surface area contributed by atoms with Crippen LogP contribution in [0.25, 0.3) is 11.1 Å². The molecule has 0 unspecified atom stereocenters. The van der Waals surface area contributed by atoms with Crippen LogP contribution < -0.4 is 4.90 Å². The third kappa shape index (κ3) is 3.34. The van der Waals surface area contributed by atoms with Crippen LogP contribution in [0.4, 0.5) is 10.3 Å². The number of anilines is 1. The molecule has 1 aromatic carbocycles.